The van der Waals surface area contributed by atoms with Gasteiger partial charge in [0, 0.05) is 12.6 Å². The molecule has 1 heterocycles. The molecule has 0 aliphatic carbocycles. The van der Waals surface area contributed by atoms with E-state index in [-0.39, 0.29) is 0 Å². The second-order valence-corrected chi connectivity index (χ2v) is 3.13. The van der Waals surface area contributed by atoms with Crippen molar-refractivity contribution >= 4 is 0 Å². The van der Waals surface area contributed by atoms with E-state index >= 15 is 0 Å². The van der Waals surface area contributed by atoms with Crippen LogP contribution in [0.3, 0.4) is 0 Å². The van der Waals surface area contributed by atoms with Gasteiger partial charge >= 0.3 is 0 Å². The van der Waals surface area contributed by atoms with E-state index in [1.165, 1.54) is 5.56 Å². The van der Waals surface area contributed by atoms with Crippen molar-refractivity contribution in [2.75, 3.05) is 6.54 Å². The fraction of sp³-hybridized carbons (Fsp3) is 0.273. The lowest BCUT2D eigenvalue weighted by molar-refractivity contribution is 0.665. The normalized spacial score (nSPS) is 21.5. The molecule has 0 saturated carbocycles. The van der Waals surface area contributed by atoms with Crippen LogP contribution < -0.4 is 5.32 Å². The molecule has 0 fully saturated rings. The van der Waals surface area contributed by atoms with E-state index in [9.17, 15) is 0 Å². The molecule has 1 aliphatic heterocycles. The molecule has 62 valence electrons. The average Bonchev–Trinajstić information content (AvgIpc) is 2.59. The molecule has 1 unspecified atom stereocenters. The van der Waals surface area contributed by atoms with Crippen LogP contribution in [0.15, 0.2) is 42.5 Å². The maximum atomic E-state index is 3.39. The maximum absolute atomic E-state index is 3.39. The zero-order chi connectivity index (χ0) is 8.23. The van der Waals surface area contributed by atoms with E-state index < -0.39 is 0 Å². The van der Waals surface area contributed by atoms with Gasteiger partial charge in [-0.25, -0.2) is 0 Å². The lowest BCUT2D eigenvalue weighted by atomic mass is 10.1. The second-order valence-electron chi connectivity index (χ2n) is 3.13. The van der Waals surface area contributed by atoms with Gasteiger partial charge in [0.1, 0.15) is 0 Å². The van der Waals surface area contributed by atoms with Crippen molar-refractivity contribution in [3.63, 3.8) is 0 Å². The van der Waals surface area contributed by atoms with Crippen LogP contribution in [-0.4, -0.2) is 12.6 Å². The monoisotopic (exact) mass is 159 g/mol. The van der Waals surface area contributed by atoms with Crippen molar-refractivity contribution in [2.24, 2.45) is 0 Å². The Morgan fingerprint density at radius 2 is 2.08 bits per heavy atom. The predicted octanol–water partition coefficient (Wildman–Crippen LogP) is 1.76. The predicted molar refractivity (Wildman–Crippen MR) is 51.1 cm³/mol. The number of nitrogens with one attached hydrogen (secondary N) is 1. The molecule has 1 aromatic rings. The summed E-state index contributed by atoms with van der Waals surface area (Å²) in [6.45, 7) is 1.03. The highest BCUT2D eigenvalue weighted by Gasteiger charge is 2.07. The zero-order valence-corrected chi connectivity index (χ0v) is 7.03. The summed E-state index contributed by atoms with van der Waals surface area (Å²) >= 11 is 0. The molecule has 12 heavy (non-hydrogen) atoms. The van der Waals surface area contributed by atoms with Crippen molar-refractivity contribution in [3.05, 3.63) is 48.0 Å². The van der Waals surface area contributed by atoms with E-state index in [0.717, 1.165) is 13.0 Å². The lowest BCUT2D eigenvalue weighted by Crippen LogP contribution is -2.24. The van der Waals surface area contributed by atoms with Crippen LogP contribution in [0, 0.1) is 0 Å². The van der Waals surface area contributed by atoms with E-state index in [4.69, 9.17) is 0 Å². The van der Waals surface area contributed by atoms with Gasteiger partial charge in [0.2, 0.25) is 0 Å². The van der Waals surface area contributed by atoms with Gasteiger partial charge in [-0.2, -0.15) is 0 Å². The fourth-order valence-corrected chi connectivity index (χ4v) is 1.53. The third-order valence-electron chi connectivity index (χ3n) is 2.16. The van der Waals surface area contributed by atoms with Crippen LogP contribution in [0.4, 0.5) is 0 Å². The Hall–Kier alpha value is -1.08. The van der Waals surface area contributed by atoms with Crippen LogP contribution in [0.25, 0.3) is 0 Å². The Labute approximate surface area is 73.1 Å². The summed E-state index contributed by atoms with van der Waals surface area (Å²) < 4.78 is 0. The minimum Gasteiger partial charge on any atom is -0.307 e. The minimum atomic E-state index is 0.549. The Kier molecular flexibility index (Phi) is 2.23. The standard InChI is InChI=1S/C11H13N/c1-2-5-10(6-3-1)9-11-7-4-8-12-11/h1-7,11-12H,8-9H2. The van der Waals surface area contributed by atoms with Gasteiger partial charge in [0.15, 0.2) is 0 Å². The number of hydrogen-bond acceptors (Lipinski definition) is 1. The summed E-state index contributed by atoms with van der Waals surface area (Å²) in [7, 11) is 0. The highest BCUT2D eigenvalue weighted by Crippen LogP contribution is 2.06. The molecular weight excluding hydrogens is 146 g/mol. The smallest absolute Gasteiger partial charge is 0.0293 e. The molecule has 1 N–H and O–H groups in total. The van der Waals surface area contributed by atoms with Gasteiger partial charge in [-0.05, 0) is 12.0 Å². The van der Waals surface area contributed by atoms with Crippen LogP contribution >= 0.6 is 0 Å². The first kappa shape index (κ1) is 7.56. The molecule has 1 nitrogen and oxygen atoms in total. The summed E-state index contributed by atoms with van der Waals surface area (Å²) in [5.74, 6) is 0. The molecule has 0 radical (unpaired) electrons. The summed E-state index contributed by atoms with van der Waals surface area (Å²) in [6, 6.07) is 11.1. The topological polar surface area (TPSA) is 12.0 Å². The summed E-state index contributed by atoms with van der Waals surface area (Å²) in [6.07, 6.45) is 5.54. The van der Waals surface area contributed by atoms with Gasteiger partial charge in [-0.3, -0.25) is 0 Å². The minimum absolute atomic E-state index is 0.549. The Morgan fingerprint density at radius 3 is 2.75 bits per heavy atom. The first-order valence-corrected chi connectivity index (χ1v) is 4.39. The Bertz CT molecular complexity index is 264. The number of hydrogen-bond donors (Lipinski definition) is 1. The van der Waals surface area contributed by atoms with Crippen LogP contribution in [0.5, 0.6) is 0 Å². The highest BCUT2D eigenvalue weighted by atomic mass is 14.9. The molecule has 1 heteroatoms. The van der Waals surface area contributed by atoms with E-state index in [0.29, 0.717) is 6.04 Å². The van der Waals surface area contributed by atoms with Crippen molar-refractivity contribution in [2.45, 2.75) is 12.5 Å². The third kappa shape index (κ3) is 1.74. The third-order valence-corrected chi connectivity index (χ3v) is 2.16. The van der Waals surface area contributed by atoms with Gasteiger partial charge < -0.3 is 5.32 Å². The quantitative estimate of drug-likeness (QED) is 0.648. The first-order valence-electron chi connectivity index (χ1n) is 4.39. The highest BCUT2D eigenvalue weighted by molar-refractivity contribution is 5.18. The van der Waals surface area contributed by atoms with Gasteiger partial charge in [0.25, 0.3) is 0 Å². The van der Waals surface area contributed by atoms with Crippen molar-refractivity contribution < 1.29 is 0 Å². The fourth-order valence-electron chi connectivity index (χ4n) is 1.53. The van der Waals surface area contributed by atoms with E-state index in [2.05, 4.69) is 47.8 Å². The van der Waals surface area contributed by atoms with E-state index in [1.807, 2.05) is 0 Å². The molecule has 0 bridgehead atoms. The first-order chi connectivity index (χ1) is 5.95. The van der Waals surface area contributed by atoms with Crippen molar-refractivity contribution in [1.82, 2.24) is 5.32 Å². The van der Waals surface area contributed by atoms with Gasteiger partial charge in [0.05, 0.1) is 0 Å². The van der Waals surface area contributed by atoms with Crippen LogP contribution in [0.1, 0.15) is 5.56 Å². The summed E-state index contributed by atoms with van der Waals surface area (Å²) in [4.78, 5) is 0. The number of benzene rings is 1. The molecule has 1 aromatic carbocycles. The van der Waals surface area contributed by atoms with Crippen LogP contribution in [-0.2, 0) is 6.42 Å². The summed E-state index contributed by atoms with van der Waals surface area (Å²) in [5.41, 5.74) is 1.40. The molecule has 2 rings (SSSR count). The lowest BCUT2D eigenvalue weighted by Gasteiger charge is -2.07. The largest absolute Gasteiger partial charge is 0.307 e. The van der Waals surface area contributed by atoms with Crippen molar-refractivity contribution in [3.8, 4) is 0 Å². The van der Waals surface area contributed by atoms with Crippen molar-refractivity contribution in [1.29, 1.82) is 0 Å². The summed E-state index contributed by atoms with van der Waals surface area (Å²) in [5, 5.41) is 3.39. The SMILES string of the molecule is C1=CC(Cc2ccccc2)NC1. The molecule has 0 aromatic heterocycles. The second kappa shape index (κ2) is 3.55. The maximum Gasteiger partial charge on any atom is 0.0293 e. The van der Waals surface area contributed by atoms with E-state index in [1.54, 1.807) is 0 Å². The molecule has 0 spiro atoms. The molecular formula is C11H13N. The van der Waals surface area contributed by atoms with Crippen LogP contribution in [0.2, 0.25) is 0 Å². The zero-order valence-electron chi connectivity index (χ0n) is 7.03. The molecule has 0 saturated heterocycles. The average molecular weight is 159 g/mol. The van der Waals surface area contributed by atoms with Gasteiger partial charge in [-0.1, -0.05) is 42.5 Å². The molecule has 1 atom stereocenters. The molecule has 0 amide bonds. The Balaban J connectivity index is 1.99. The number of rotatable bonds is 2. The Morgan fingerprint density at radius 1 is 1.25 bits per heavy atom. The van der Waals surface area contributed by atoms with Gasteiger partial charge in [-0.15, -0.1) is 0 Å². The molecule has 1 aliphatic rings.